The third kappa shape index (κ3) is 8.46. The first kappa shape index (κ1) is 42.4. The number of hydrogen-bond donors (Lipinski definition) is 6. The van der Waals surface area contributed by atoms with E-state index in [9.17, 15) is 49.5 Å². The van der Waals surface area contributed by atoms with Gasteiger partial charge in [-0.2, -0.15) is 4.99 Å². The number of aliphatic hydroxyl groups excluding tert-OH is 2. The number of esters is 3. The van der Waals surface area contributed by atoms with E-state index in [0.717, 1.165) is 6.92 Å². The molecule has 52 heavy (non-hydrogen) atoms. The second kappa shape index (κ2) is 17.2. The number of nitrogens with zero attached hydrogens (tertiary/aromatic N) is 1. The summed E-state index contributed by atoms with van der Waals surface area (Å²) < 4.78 is 39.6. The summed E-state index contributed by atoms with van der Waals surface area (Å²) >= 11 is 4.59. The molecule has 0 saturated carbocycles. The Kier molecular flexibility index (Phi) is 14.1. The van der Waals surface area contributed by atoms with Crippen molar-refractivity contribution in [1.29, 1.82) is 5.41 Å². The van der Waals surface area contributed by atoms with Gasteiger partial charge in [0.25, 0.3) is 0 Å². The number of aliphatic hydroxyl groups is 4. The van der Waals surface area contributed by atoms with Crippen LogP contribution in [0, 0.1) is 5.41 Å². The highest BCUT2D eigenvalue weighted by molar-refractivity contribution is 7.78. The summed E-state index contributed by atoms with van der Waals surface area (Å²) in [5.41, 5.74) is -7.72. The zero-order valence-corrected chi connectivity index (χ0v) is 29.9. The molecule has 288 valence electrons. The van der Waals surface area contributed by atoms with Gasteiger partial charge in [0.05, 0.1) is 23.8 Å². The molecule has 1 aliphatic carbocycles. The van der Waals surface area contributed by atoms with E-state index in [4.69, 9.17) is 38.6 Å². The minimum absolute atomic E-state index is 0.0129. The van der Waals surface area contributed by atoms with Gasteiger partial charge < -0.3 is 58.7 Å². The number of ketones is 1. The van der Waals surface area contributed by atoms with Gasteiger partial charge in [0.15, 0.2) is 35.1 Å². The van der Waals surface area contributed by atoms with Crippen LogP contribution in [0.2, 0.25) is 0 Å². The largest absolute Gasteiger partial charge is 0.508 e. The number of allylic oxidation sites excluding steroid dienone is 1. The van der Waals surface area contributed by atoms with Crippen LogP contribution in [-0.2, 0) is 57.1 Å². The normalized spacial score (nSPS) is 34.5. The molecular formula is C32H42N2O17S. The predicted octanol–water partition coefficient (Wildman–Crippen LogP) is -0.176. The minimum Gasteiger partial charge on any atom is -0.508 e. The number of hydrogen-bond acceptors (Lipinski definition) is 19. The fourth-order valence-electron chi connectivity index (χ4n) is 6.28. The molecule has 0 aromatic heterocycles. The standard InChI is InChI=1S/C32H42N2O17S/c1-7-16(34-12-52)30(42)51-25-18(11-46-15(5)35)49-28(31(43)10-17(36)23(33)22(27(31)39)29(40)41)24(38)26(25)50-21-9-19(45-6)32(44,14(4)48-21)13(3)47-20(37)8-2/h7,13-14,18-19,21,24-26,28,33,38-39,43-44H,8-11H2,1-6H3,(H,40,41)/b16-7+,33-23?/t13-,14?,18?,19?,21?,24?,25?,26?,28-,31+,32?/m0/s1. The Labute approximate surface area is 302 Å². The lowest BCUT2D eigenvalue weighted by Crippen LogP contribution is -2.70. The van der Waals surface area contributed by atoms with E-state index in [1.165, 1.54) is 34.0 Å². The molecule has 8 unspecified atom stereocenters. The van der Waals surface area contributed by atoms with Crippen LogP contribution in [0.5, 0.6) is 0 Å². The maximum absolute atomic E-state index is 13.3. The molecule has 0 radical (unpaired) electrons. The lowest BCUT2D eigenvalue weighted by Gasteiger charge is -2.52. The number of Topliss-reactive ketones (excluding diaryl/α,β-unsaturated/α-hetero) is 1. The molecule has 0 spiro atoms. The highest BCUT2D eigenvalue weighted by Crippen LogP contribution is 2.42. The summed E-state index contributed by atoms with van der Waals surface area (Å²) in [5, 5.41) is 65.8. The molecule has 3 rings (SSSR count). The zero-order chi connectivity index (χ0) is 39.3. The quantitative estimate of drug-likeness (QED) is 0.0467. The highest BCUT2D eigenvalue weighted by atomic mass is 32.1. The molecule has 0 aromatic carbocycles. The summed E-state index contributed by atoms with van der Waals surface area (Å²) in [7, 11) is 1.26. The van der Waals surface area contributed by atoms with Crippen molar-refractivity contribution in [3.8, 4) is 0 Å². The van der Waals surface area contributed by atoms with E-state index >= 15 is 0 Å². The Balaban J connectivity index is 2.16. The molecule has 0 amide bonds. The van der Waals surface area contributed by atoms with Gasteiger partial charge in [-0.15, -0.1) is 0 Å². The Morgan fingerprint density at radius 3 is 2.40 bits per heavy atom. The van der Waals surface area contributed by atoms with Gasteiger partial charge in [0.2, 0.25) is 0 Å². The second-order valence-electron chi connectivity index (χ2n) is 12.2. The van der Waals surface area contributed by atoms with Crippen molar-refractivity contribution in [2.24, 2.45) is 4.99 Å². The molecule has 2 fully saturated rings. The number of rotatable bonds is 13. The van der Waals surface area contributed by atoms with Crippen LogP contribution in [0.4, 0.5) is 0 Å². The van der Waals surface area contributed by atoms with Gasteiger partial charge in [0.1, 0.15) is 54.2 Å². The SMILES string of the molecule is C/C=C(/N=C=S)C(=O)OC1C(COC(C)=O)O[C@H]([C@@]2(O)CC(=O)C(=N)C(C(=O)O)=C2O)C(O)C1OC1CC(OC)C(O)([C@H](C)OC(=O)CC)C(C)O1. The zero-order valence-electron chi connectivity index (χ0n) is 29.1. The number of aliphatic carboxylic acids is 1. The van der Waals surface area contributed by atoms with Crippen molar-refractivity contribution in [3.05, 3.63) is 23.1 Å². The number of nitrogens with one attached hydrogen (secondary N) is 1. The van der Waals surface area contributed by atoms with Crippen molar-refractivity contribution in [3.63, 3.8) is 0 Å². The molecule has 3 aliphatic rings. The van der Waals surface area contributed by atoms with Crippen molar-refractivity contribution >= 4 is 52.8 Å². The molecule has 0 bridgehead atoms. The van der Waals surface area contributed by atoms with Crippen LogP contribution < -0.4 is 0 Å². The molecule has 20 heteroatoms. The fraction of sp³-hybridized carbons (Fsp3) is 0.656. The van der Waals surface area contributed by atoms with Crippen LogP contribution in [0.25, 0.3) is 0 Å². The van der Waals surface area contributed by atoms with Crippen molar-refractivity contribution in [2.45, 2.75) is 120 Å². The van der Waals surface area contributed by atoms with Crippen LogP contribution >= 0.6 is 12.2 Å². The first-order chi connectivity index (χ1) is 24.3. The number of carboxylic acid groups (broad SMARTS) is 1. The van der Waals surface area contributed by atoms with Crippen LogP contribution in [0.1, 0.15) is 53.9 Å². The summed E-state index contributed by atoms with van der Waals surface area (Å²) in [4.78, 5) is 65.6. The van der Waals surface area contributed by atoms with E-state index in [2.05, 4.69) is 17.2 Å². The monoisotopic (exact) mass is 758 g/mol. The van der Waals surface area contributed by atoms with Gasteiger partial charge in [-0.3, -0.25) is 19.8 Å². The van der Waals surface area contributed by atoms with E-state index in [1.54, 1.807) is 6.92 Å². The molecule has 2 heterocycles. The van der Waals surface area contributed by atoms with Gasteiger partial charge in [-0.1, -0.05) is 13.0 Å². The molecule has 19 nitrogen and oxygen atoms in total. The summed E-state index contributed by atoms with van der Waals surface area (Å²) in [6.45, 7) is 6.11. The van der Waals surface area contributed by atoms with Crippen LogP contribution in [0.15, 0.2) is 28.1 Å². The molecular weight excluding hydrogens is 716 g/mol. The lowest BCUT2D eigenvalue weighted by molar-refractivity contribution is -0.345. The topological polar surface area (TPSA) is 287 Å². The Morgan fingerprint density at radius 1 is 1.21 bits per heavy atom. The average Bonchev–Trinajstić information content (AvgIpc) is 3.08. The van der Waals surface area contributed by atoms with Gasteiger partial charge in [-0.25, -0.2) is 9.59 Å². The van der Waals surface area contributed by atoms with Crippen LogP contribution in [-0.4, -0.2) is 146 Å². The first-order valence-electron chi connectivity index (χ1n) is 16.0. The molecule has 11 atom stereocenters. The second-order valence-corrected chi connectivity index (χ2v) is 12.4. The van der Waals surface area contributed by atoms with Gasteiger partial charge in [0, 0.05) is 26.9 Å². The van der Waals surface area contributed by atoms with E-state index < -0.39 is 126 Å². The maximum Gasteiger partial charge on any atom is 0.357 e. The van der Waals surface area contributed by atoms with Crippen molar-refractivity contribution in [2.75, 3.05) is 13.7 Å². The Morgan fingerprint density at radius 2 is 1.87 bits per heavy atom. The number of carbonyl (C=O) groups excluding carboxylic acids is 4. The van der Waals surface area contributed by atoms with Gasteiger partial charge in [-0.05, 0) is 33.0 Å². The van der Waals surface area contributed by atoms with E-state index in [1.807, 2.05) is 5.16 Å². The lowest BCUT2D eigenvalue weighted by atomic mass is 9.74. The minimum atomic E-state index is -3.02. The average molecular weight is 759 g/mol. The third-order valence-electron chi connectivity index (χ3n) is 9.06. The van der Waals surface area contributed by atoms with Crippen molar-refractivity contribution in [1.82, 2.24) is 0 Å². The van der Waals surface area contributed by atoms with E-state index in [-0.39, 0.29) is 18.5 Å². The number of aliphatic imine (C=N–C) groups is 1. The number of thiocarbonyl (C=S) groups is 1. The summed E-state index contributed by atoms with van der Waals surface area (Å²) in [6, 6.07) is 0. The number of ether oxygens (including phenoxy) is 7. The molecule has 0 aromatic rings. The van der Waals surface area contributed by atoms with Gasteiger partial charge >= 0.3 is 23.9 Å². The predicted molar refractivity (Wildman–Crippen MR) is 175 cm³/mol. The smallest absolute Gasteiger partial charge is 0.357 e. The van der Waals surface area contributed by atoms with Crippen molar-refractivity contribution < 1.29 is 82.7 Å². The first-order valence-corrected chi connectivity index (χ1v) is 16.4. The number of carboxylic acids is 1. The molecule has 2 saturated heterocycles. The summed E-state index contributed by atoms with van der Waals surface area (Å²) in [5.74, 6) is -7.22. The molecule has 2 aliphatic heterocycles. The fourth-order valence-corrected chi connectivity index (χ4v) is 6.38. The Hall–Kier alpha value is -3.98. The number of isothiocyanates is 1. The summed E-state index contributed by atoms with van der Waals surface area (Å²) in [6.07, 6.45) is -14.9. The number of methoxy groups -OCH3 is 1. The van der Waals surface area contributed by atoms with E-state index in [0.29, 0.717) is 0 Å². The third-order valence-corrected chi connectivity index (χ3v) is 9.15. The van der Waals surface area contributed by atoms with Crippen LogP contribution in [0.3, 0.4) is 0 Å². The maximum atomic E-state index is 13.3. The Bertz CT molecular complexity index is 1560. The highest BCUT2D eigenvalue weighted by Gasteiger charge is 2.62. The molecule has 6 N–H and O–H groups in total. The number of carbonyl (C=O) groups is 5.